The number of amidine groups is 1. The number of carbonyl (C=O) groups is 2. The van der Waals surface area contributed by atoms with Gasteiger partial charge in [-0.1, -0.05) is 30.3 Å². The number of nitrogens with zero attached hydrogens (tertiary/aromatic N) is 1. The van der Waals surface area contributed by atoms with Crippen molar-refractivity contribution in [3.05, 3.63) is 83.9 Å². The topological polar surface area (TPSA) is 126 Å². The fraction of sp³-hybridized carbons (Fsp3) is 0.222. The quantitative estimate of drug-likeness (QED) is 0.212. The molecule has 0 saturated heterocycles. The van der Waals surface area contributed by atoms with Gasteiger partial charge in [-0.15, -0.1) is 0 Å². The third-order valence-corrected chi connectivity index (χ3v) is 5.46. The molecule has 0 spiro atoms. The molecule has 0 fully saturated rings. The SMILES string of the molecule is CCOC(=O)C(=O)N(Cc1ccccc1)c1ccc2c(c1)OC[C@H](COc1ccc(C(N)=[NH2+])cc1)O2. The third kappa shape index (κ3) is 5.93. The largest absolute Gasteiger partial charge is 0.490 e. The first-order valence-corrected chi connectivity index (χ1v) is 11.5. The van der Waals surface area contributed by atoms with E-state index in [4.69, 9.17) is 30.1 Å². The van der Waals surface area contributed by atoms with Crippen LogP contribution in [0.4, 0.5) is 5.69 Å². The van der Waals surface area contributed by atoms with E-state index in [0.717, 1.165) is 11.1 Å². The first-order chi connectivity index (χ1) is 17.4. The summed E-state index contributed by atoms with van der Waals surface area (Å²) in [6.45, 7) is 2.48. The Hall–Kier alpha value is -4.53. The van der Waals surface area contributed by atoms with Crippen LogP contribution in [0.2, 0.25) is 0 Å². The van der Waals surface area contributed by atoms with Crippen molar-refractivity contribution in [2.45, 2.75) is 19.6 Å². The number of hydrogen-bond donors (Lipinski definition) is 2. The summed E-state index contributed by atoms with van der Waals surface area (Å²) in [4.78, 5) is 26.5. The van der Waals surface area contributed by atoms with Gasteiger partial charge in [-0.3, -0.25) is 20.8 Å². The molecule has 0 bridgehead atoms. The molecule has 0 aliphatic carbocycles. The number of rotatable bonds is 8. The summed E-state index contributed by atoms with van der Waals surface area (Å²) in [6.07, 6.45) is -0.337. The van der Waals surface area contributed by atoms with E-state index in [1.165, 1.54) is 4.90 Å². The molecule has 1 amide bonds. The van der Waals surface area contributed by atoms with E-state index >= 15 is 0 Å². The summed E-state index contributed by atoms with van der Waals surface area (Å²) < 4.78 is 22.7. The summed E-state index contributed by atoms with van der Waals surface area (Å²) in [5, 5.41) is 5.58. The number of anilines is 1. The fourth-order valence-electron chi connectivity index (χ4n) is 3.64. The molecule has 1 heterocycles. The average Bonchev–Trinajstić information content (AvgIpc) is 2.90. The van der Waals surface area contributed by atoms with Gasteiger partial charge >= 0.3 is 11.9 Å². The molecule has 0 saturated carbocycles. The smallest absolute Gasteiger partial charge is 0.397 e. The standard InChI is InChI=1S/C27H27N3O6/c1-2-33-27(32)26(31)30(15-18-6-4-3-5-7-18)20-10-13-23-24(14-20)35-17-22(36-23)16-34-21-11-8-19(9-12-21)25(28)29/h3-14,22H,2,15-17H2,1H3,(H3,28,29)/p+1/t22-/m0/s1. The molecule has 9 nitrogen and oxygen atoms in total. The second kappa shape index (κ2) is 11.3. The zero-order valence-corrected chi connectivity index (χ0v) is 19.9. The van der Waals surface area contributed by atoms with E-state index in [2.05, 4.69) is 0 Å². The number of ether oxygens (including phenoxy) is 4. The van der Waals surface area contributed by atoms with Crippen LogP contribution >= 0.6 is 0 Å². The first-order valence-electron chi connectivity index (χ1n) is 11.5. The Labute approximate surface area is 208 Å². The van der Waals surface area contributed by atoms with Crippen molar-refractivity contribution in [1.82, 2.24) is 0 Å². The number of carbonyl (C=O) groups excluding carboxylic acids is 2. The predicted molar refractivity (Wildman–Crippen MR) is 133 cm³/mol. The summed E-state index contributed by atoms with van der Waals surface area (Å²) in [5.74, 6) is 0.204. The van der Waals surface area contributed by atoms with Crippen LogP contribution in [0.5, 0.6) is 17.2 Å². The Balaban J connectivity index is 1.45. The minimum Gasteiger partial charge on any atom is -0.490 e. The van der Waals surface area contributed by atoms with Gasteiger partial charge in [0.15, 0.2) is 17.6 Å². The van der Waals surface area contributed by atoms with Crippen LogP contribution in [0.25, 0.3) is 0 Å². The van der Waals surface area contributed by atoms with E-state index in [9.17, 15) is 9.59 Å². The van der Waals surface area contributed by atoms with Gasteiger partial charge in [0.05, 0.1) is 18.7 Å². The van der Waals surface area contributed by atoms with Gasteiger partial charge in [-0.2, -0.15) is 0 Å². The monoisotopic (exact) mass is 490 g/mol. The highest BCUT2D eigenvalue weighted by Gasteiger charge is 2.28. The lowest BCUT2D eigenvalue weighted by molar-refractivity contribution is -0.153. The van der Waals surface area contributed by atoms with Crippen LogP contribution in [0.15, 0.2) is 72.8 Å². The van der Waals surface area contributed by atoms with Gasteiger partial charge in [-0.25, -0.2) is 4.79 Å². The molecular formula is C27H28N3O6+. The maximum Gasteiger partial charge on any atom is 0.397 e. The molecule has 1 aliphatic heterocycles. The molecule has 1 atom stereocenters. The molecule has 1 aliphatic rings. The maximum atomic E-state index is 12.9. The fourth-order valence-corrected chi connectivity index (χ4v) is 3.64. The van der Waals surface area contributed by atoms with Crippen molar-refractivity contribution >= 4 is 23.4 Å². The second-order valence-electron chi connectivity index (χ2n) is 8.07. The van der Waals surface area contributed by atoms with Gasteiger partial charge in [0.2, 0.25) is 0 Å². The molecule has 0 radical (unpaired) electrons. The van der Waals surface area contributed by atoms with E-state index in [0.29, 0.717) is 22.9 Å². The zero-order chi connectivity index (χ0) is 25.5. The Kier molecular flexibility index (Phi) is 7.69. The minimum atomic E-state index is -0.916. The first kappa shape index (κ1) is 24.6. The molecule has 36 heavy (non-hydrogen) atoms. The lowest BCUT2D eigenvalue weighted by Crippen LogP contribution is -2.46. The van der Waals surface area contributed by atoms with Crippen LogP contribution in [0.1, 0.15) is 18.1 Å². The summed E-state index contributed by atoms with van der Waals surface area (Å²) in [5.41, 5.74) is 7.67. The van der Waals surface area contributed by atoms with E-state index in [1.807, 2.05) is 30.3 Å². The van der Waals surface area contributed by atoms with Gasteiger partial charge in [0.1, 0.15) is 19.0 Å². The molecule has 4 rings (SSSR count). The Morgan fingerprint density at radius 1 is 1.06 bits per heavy atom. The number of benzene rings is 3. The maximum absolute atomic E-state index is 12.9. The molecule has 3 aromatic carbocycles. The predicted octanol–water partition coefficient (Wildman–Crippen LogP) is 1.47. The number of fused-ring (bicyclic) bond motifs is 1. The van der Waals surface area contributed by atoms with Crippen molar-refractivity contribution < 1.29 is 33.9 Å². The van der Waals surface area contributed by atoms with Crippen molar-refractivity contribution in [3.63, 3.8) is 0 Å². The number of amides is 1. The van der Waals surface area contributed by atoms with Crippen molar-refractivity contribution in [3.8, 4) is 17.2 Å². The van der Waals surface area contributed by atoms with E-state index in [1.54, 1.807) is 49.4 Å². The van der Waals surface area contributed by atoms with Gasteiger partial charge in [-0.05, 0) is 48.9 Å². The average molecular weight is 491 g/mol. The van der Waals surface area contributed by atoms with Crippen LogP contribution < -0.4 is 30.3 Å². The van der Waals surface area contributed by atoms with Crippen molar-refractivity contribution in [1.29, 1.82) is 0 Å². The van der Waals surface area contributed by atoms with Gasteiger partial charge in [0, 0.05) is 11.8 Å². The van der Waals surface area contributed by atoms with Crippen molar-refractivity contribution in [2.24, 2.45) is 5.73 Å². The molecular weight excluding hydrogens is 462 g/mol. The molecule has 4 N–H and O–H groups in total. The van der Waals surface area contributed by atoms with Gasteiger partial charge in [0.25, 0.3) is 5.84 Å². The Bertz CT molecular complexity index is 1230. The van der Waals surface area contributed by atoms with Crippen LogP contribution in [0.3, 0.4) is 0 Å². The molecule has 0 unspecified atom stereocenters. The Morgan fingerprint density at radius 2 is 1.81 bits per heavy atom. The molecule has 0 aromatic heterocycles. The molecule has 9 heteroatoms. The highest BCUT2D eigenvalue weighted by Crippen LogP contribution is 2.36. The Morgan fingerprint density at radius 3 is 2.50 bits per heavy atom. The highest BCUT2D eigenvalue weighted by atomic mass is 16.6. The summed E-state index contributed by atoms with van der Waals surface area (Å²) in [7, 11) is 0. The third-order valence-electron chi connectivity index (χ3n) is 5.46. The highest BCUT2D eigenvalue weighted by molar-refractivity contribution is 6.38. The lowest BCUT2D eigenvalue weighted by atomic mass is 10.1. The summed E-state index contributed by atoms with van der Waals surface area (Å²) in [6, 6.07) is 21.6. The molecule has 3 aromatic rings. The number of esters is 1. The van der Waals surface area contributed by atoms with Crippen LogP contribution in [0, 0.1) is 0 Å². The van der Waals surface area contributed by atoms with E-state index < -0.39 is 11.9 Å². The number of hydrogen-bond acceptors (Lipinski definition) is 6. The van der Waals surface area contributed by atoms with Gasteiger partial charge < -0.3 is 18.9 Å². The van der Waals surface area contributed by atoms with E-state index in [-0.39, 0.29) is 38.3 Å². The zero-order valence-electron chi connectivity index (χ0n) is 19.9. The van der Waals surface area contributed by atoms with Crippen LogP contribution in [-0.4, -0.2) is 43.6 Å². The normalized spacial score (nSPS) is 14.0. The summed E-state index contributed by atoms with van der Waals surface area (Å²) >= 11 is 0. The number of nitrogens with two attached hydrogens (primary N) is 2. The second-order valence-corrected chi connectivity index (χ2v) is 8.07. The molecule has 186 valence electrons. The van der Waals surface area contributed by atoms with Crippen molar-refractivity contribution in [2.75, 3.05) is 24.7 Å². The lowest BCUT2D eigenvalue weighted by Gasteiger charge is -2.28. The minimum absolute atomic E-state index is 0.109. The van der Waals surface area contributed by atoms with Crippen LogP contribution in [-0.2, 0) is 20.9 Å².